The molecule has 1 aliphatic rings. The number of piperidine rings is 1. The summed E-state index contributed by atoms with van der Waals surface area (Å²) in [5.74, 6) is 0.214. The van der Waals surface area contributed by atoms with Gasteiger partial charge in [0.15, 0.2) is 0 Å². The van der Waals surface area contributed by atoms with Gasteiger partial charge in [0.05, 0.1) is 0 Å². The Hall–Kier alpha value is -1.51. The van der Waals surface area contributed by atoms with Crippen LogP contribution in [-0.2, 0) is 4.79 Å². The van der Waals surface area contributed by atoms with Gasteiger partial charge < -0.3 is 10.6 Å². The van der Waals surface area contributed by atoms with Gasteiger partial charge in [-0.15, -0.1) is 0 Å². The van der Waals surface area contributed by atoms with Crippen LogP contribution in [-0.4, -0.2) is 11.9 Å². The lowest BCUT2D eigenvalue weighted by Crippen LogP contribution is -2.42. The first-order valence-corrected chi connectivity index (χ1v) is 6.19. The molecule has 1 aliphatic heterocycles. The minimum Gasteiger partial charge on any atom is -0.398 e. The highest BCUT2D eigenvalue weighted by molar-refractivity contribution is 5.95. The Kier molecular flexibility index (Phi) is 3.09. The molecule has 1 atom stereocenters. The Balaban J connectivity index is 2.42. The summed E-state index contributed by atoms with van der Waals surface area (Å²) < 4.78 is 0. The number of anilines is 2. The van der Waals surface area contributed by atoms with Gasteiger partial charge in [-0.3, -0.25) is 4.79 Å². The van der Waals surface area contributed by atoms with Crippen LogP contribution in [0.3, 0.4) is 0 Å². The SMILES string of the molecule is Cc1cc(N2C(=O)CCCC2C)cc(N)c1C. The van der Waals surface area contributed by atoms with Gasteiger partial charge in [0, 0.05) is 23.8 Å². The molecule has 3 nitrogen and oxygen atoms in total. The summed E-state index contributed by atoms with van der Waals surface area (Å²) in [5.41, 5.74) is 9.94. The molecule has 2 N–H and O–H groups in total. The van der Waals surface area contributed by atoms with Crippen molar-refractivity contribution in [3.05, 3.63) is 23.3 Å². The quantitative estimate of drug-likeness (QED) is 0.757. The molecule has 17 heavy (non-hydrogen) atoms. The summed E-state index contributed by atoms with van der Waals surface area (Å²) in [6.45, 7) is 6.15. The maximum absolute atomic E-state index is 12.0. The molecular formula is C14H20N2O. The second kappa shape index (κ2) is 4.40. The maximum Gasteiger partial charge on any atom is 0.227 e. The van der Waals surface area contributed by atoms with Crippen molar-refractivity contribution < 1.29 is 4.79 Å². The zero-order valence-electron chi connectivity index (χ0n) is 10.8. The van der Waals surface area contributed by atoms with Gasteiger partial charge >= 0.3 is 0 Å². The number of nitrogens with two attached hydrogens (primary N) is 1. The Morgan fingerprint density at radius 3 is 2.65 bits per heavy atom. The molecule has 1 fully saturated rings. The Morgan fingerprint density at radius 2 is 2.06 bits per heavy atom. The van der Waals surface area contributed by atoms with Crippen LogP contribution in [0.5, 0.6) is 0 Å². The van der Waals surface area contributed by atoms with Crippen LogP contribution >= 0.6 is 0 Å². The molecule has 92 valence electrons. The topological polar surface area (TPSA) is 46.3 Å². The van der Waals surface area contributed by atoms with Crippen LogP contribution in [0.25, 0.3) is 0 Å². The number of nitrogen functional groups attached to an aromatic ring is 1. The van der Waals surface area contributed by atoms with Crippen LogP contribution in [0.15, 0.2) is 12.1 Å². The number of hydrogen-bond acceptors (Lipinski definition) is 2. The van der Waals surface area contributed by atoms with E-state index in [9.17, 15) is 4.79 Å². The first-order chi connectivity index (χ1) is 8.00. The summed E-state index contributed by atoms with van der Waals surface area (Å²) in [7, 11) is 0. The number of aryl methyl sites for hydroxylation is 1. The normalized spacial score (nSPS) is 20.8. The van der Waals surface area contributed by atoms with Crippen molar-refractivity contribution >= 4 is 17.3 Å². The summed E-state index contributed by atoms with van der Waals surface area (Å²) >= 11 is 0. The van der Waals surface area contributed by atoms with Gasteiger partial charge in [-0.05, 0) is 56.9 Å². The molecule has 1 saturated heterocycles. The van der Waals surface area contributed by atoms with Gasteiger partial charge in [-0.25, -0.2) is 0 Å². The Morgan fingerprint density at radius 1 is 1.35 bits per heavy atom. The van der Waals surface area contributed by atoms with Gasteiger partial charge in [-0.1, -0.05) is 0 Å². The van der Waals surface area contributed by atoms with Crippen LogP contribution < -0.4 is 10.6 Å². The van der Waals surface area contributed by atoms with Crippen molar-refractivity contribution in [1.29, 1.82) is 0 Å². The summed E-state index contributed by atoms with van der Waals surface area (Å²) in [4.78, 5) is 13.9. The Labute approximate surface area is 103 Å². The third-order valence-electron chi connectivity index (χ3n) is 3.69. The summed E-state index contributed by atoms with van der Waals surface area (Å²) in [5, 5.41) is 0. The number of hydrogen-bond donors (Lipinski definition) is 1. The van der Waals surface area contributed by atoms with Crippen LogP contribution in [0, 0.1) is 13.8 Å². The van der Waals surface area contributed by atoms with Crippen LogP contribution in [0.1, 0.15) is 37.3 Å². The van der Waals surface area contributed by atoms with Crippen LogP contribution in [0.2, 0.25) is 0 Å². The number of carbonyl (C=O) groups is 1. The molecule has 1 unspecified atom stereocenters. The number of carbonyl (C=O) groups excluding carboxylic acids is 1. The number of benzene rings is 1. The van der Waals surface area contributed by atoms with E-state index in [4.69, 9.17) is 5.73 Å². The van der Waals surface area contributed by atoms with E-state index in [0.717, 1.165) is 35.3 Å². The van der Waals surface area contributed by atoms with Crippen molar-refractivity contribution in [1.82, 2.24) is 0 Å². The van der Waals surface area contributed by atoms with E-state index < -0.39 is 0 Å². The second-order valence-corrected chi connectivity index (χ2v) is 4.98. The second-order valence-electron chi connectivity index (χ2n) is 4.98. The molecule has 1 heterocycles. The average Bonchev–Trinajstić information content (AvgIpc) is 2.25. The molecule has 3 heteroatoms. The molecule has 1 aromatic carbocycles. The third-order valence-corrected chi connectivity index (χ3v) is 3.69. The minimum atomic E-state index is 0.214. The lowest BCUT2D eigenvalue weighted by molar-refractivity contribution is -0.120. The predicted molar refractivity (Wildman–Crippen MR) is 71.1 cm³/mol. The molecule has 0 radical (unpaired) electrons. The molecule has 0 aliphatic carbocycles. The fourth-order valence-electron chi connectivity index (χ4n) is 2.45. The lowest BCUT2D eigenvalue weighted by Gasteiger charge is -2.34. The fourth-order valence-corrected chi connectivity index (χ4v) is 2.45. The highest BCUT2D eigenvalue weighted by Crippen LogP contribution is 2.30. The zero-order chi connectivity index (χ0) is 12.6. The molecule has 2 rings (SSSR count). The van der Waals surface area contributed by atoms with E-state index >= 15 is 0 Å². The first kappa shape index (κ1) is 12.0. The van der Waals surface area contributed by atoms with E-state index in [1.807, 2.05) is 24.8 Å². The van der Waals surface area contributed by atoms with Crippen molar-refractivity contribution in [3.8, 4) is 0 Å². The van der Waals surface area contributed by atoms with Gasteiger partial charge in [-0.2, -0.15) is 0 Å². The van der Waals surface area contributed by atoms with Crippen LogP contribution in [0.4, 0.5) is 11.4 Å². The number of amides is 1. The monoisotopic (exact) mass is 232 g/mol. The highest BCUT2D eigenvalue weighted by atomic mass is 16.2. The van der Waals surface area contributed by atoms with E-state index in [1.165, 1.54) is 0 Å². The van der Waals surface area contributed by atoms with Crippen molar-refractivity contribution in [2.75, 3.05) is 10.6 Å². The van der Waals surface area contributed by atoms with Crippen molar-refractivity contribution in [2.24, 2.45) is 0 Å². The first-order valence-electron chi connectivity index (χ1n) is 6.19. The van der Waals surface area contributed by atoms with Gasteiger partial charge in [0.1, 0.15) is 0 Å². The van der Waals surface area contributed by atoms with E-state index in [2.05, 4.69) is 13.0 Å². The zero-order valence-corrected chi connectivity index (χ0v) is 10.8. The fraction of sp³-hybridized carbons (Fsp3) is 0.500. The third kappa shape index (κ3) is 2.14. The Bertz CT molecular complexity index is 431. The maximum atomic E-state index is 12.0. The molecule has 0 saturated carbocycles. The van der Waals surface area contributed by atoms with Gasteiger partial charge in [0.25, 0.3) is 0 Å². The van der Waals surface area contributed by atoms with Gasteiger partial charge in [0.2, 0.25) is 5.91 Å². The van der Waals surface area contributed by atoms with Crippen molar-refractivity contribution in [3.63, 3.8) is 0 Å². The van der Waals surface area contributed by atoms with Crippen molar-refractivity contribution in [2.45, 2.75) is 46.1 Å². The number of rotatable bonds is 1. The molecular weight excluding hydrogens is 212 g/mol. The predicted octanol–water partition coefficient (Wildman–Crippen LogP) is 2.79. The van der Waals surface area contributed by atoms with E-state index in [-0.39, 0.29) is 11.9 Å². The highest BCUT2D eigenvalue weighted by Gasteiger charge is 2.26. The summed E-state index contributed by atoms with van der Waals surface area (Å²) in [6, 6.07) is 4.26. The number of nitrogens with zero attached hydrogens (tertiary/aromatic N) is 1. The minimum absolute atomic E-state index is 0.214. The molecule has 0 spiro atoms. The van der Waals surface area contributed by atoms with E-state index in [1.54, 1.807) is 0 Å². The lowest BCUT2D eigenvalue weighted by atomic mass is 10.00. The molecule has 1 amide bonds. The standard InChI is InChI=1S/C14H20N2O/c1-9-7-12(8-13(15)11(9)3)16-10(2)5-4-6-14(16)17/h7-8,10H,4-6,15H2,1-3H3. The molecule has 0 bridgehead atoms. The average molecular weight is 232 g/mol. The summed E-state index contributed by atoms with van der Waals surface area (Å²) in [6.07, 6.45) is 2.71. The molecule has 0 aromatic heterocycles. The largest absolute Gasteiger partial charge is 0.398 e. The molecule has 1 aromatic rings. The van der Waals surface area contributed by atoms with E-state index in [0.29, 0.717) is 6.42 Å². The smallest absolute Gasteiger partial charge is 0.227 e.